The molecule has 3 aromatic rings. The molecule has 0 saturated heterocycles. The summed E-state index contributed by atoms with van der Waals surface area (Å²) in [6.07, 6.45) is 1.92. The van der Waals surface area contributed by atoms with Crippen molar-refractivity contribution in [1.29, 1.82) is 0 Å². The zero-order valence-corrected chi connectivity index (χ0v) is 9.34. The normalized spacial score (nSPS) is 10.6. The fraction of sp³-hybridized carbons (Fsp3) is 0.0769. The Morgan fingerprint density at radius 1 is 1.06 bits per heavy atom. The van der Waals surface area contributed by atoms with Crippen molar-refractivity contribution in [2.24, 2.45) is 0 Å². The Labute approximate surface area is 98.3 Å². The number of benzene rings is 1. The second-order valence-corrected chi connectivity index (χ2v) is 3.71. The molecule has 17 heavy (non-hydrogen) atoms. The molecule has 0 spiro atoms. The molecule has 0 bridgehead atoms. The van der Waals surface area contributed by atoms with Crippen LogP contribution in [0, 0.1) is 0 Å². The number of fused-ring (bicyclic) bond motifs is 1. The van der Waals surface area contributed by atoms with Crippen molar-refractivity contribution < 1.29 is 4.74 Å². The van der Waals surface area contributed by atoms with Crippen LogP contribution in [-0.4, -0.2) is 22.3 Å². The van der Waals surface area contributed by atoms with Gasteiger partial charge in [-0.3, -0.25) is 0 Å². The van der Waals surface area contributed by atoms with Gasteiger partial charge in [0.1, 0.15) is 0 Å². The monoisotopic (exact) mass is 225 g/mol. The van der Waals surface area contributed by atoms with E-state index < -0.39 is 0 Å². The molecule has 4 nitrogen and oxygen atoms in total. The van der Waals surface area contributed by atoms with Gasteiger partial charge in [-0.1, -0.05) is 12.1 Å². The van der Waals surface area contributed by atoms with Gasteiger partial charge in [0, 0.05) is 28.7 Å². The van der Waals surface area contributed by atoms with Crippen LogP contribution in [0.4, 0.5) is 0 Å². The van der Waals surface area contributed by atoms with Crippen molar-refractivity contribution in [3.8, 4) is 17.1 Å². The van der Waals surface area contributed by atoms with E-state index in [0.717, 1.165) is 22.2 Å². The van der Waals surface area contributed by atoms with Crippen molar-refractivity contribution in [2.75, 3.05) is 7.11 Å². The summed E-state index contributed by atoms with van der Waals surface area (Å²) in [5, 5.41) is 9.29. The summed E-state index contributed by atoms with van der Waals surface area (Å²) in [4.78, 5) is 3.18. The number of ether oxygens (including phenoxy) is 1. The molecule has 84 valence electrons. The minimum atomic E-state index is 0.523. The zero-order chi connectivity index (χ0) is 11.7. The van der Waals surface area contributed by atoms with Crippen LogP contribution in [0.25, 0.3) is 22.2 Å². The number of rotatable bonds is 2. The van der Waals surface area contributed by atoms with Crippen LogP contribution in [0.15, 0.2) is 42.6 Å². The van der Waals surface area contributed by atoms with Crippen molar-refractivity contribution in [1.82, 2.24) is 15.2 Å². The molecule has 0 aliphatic carbocycles. The van der Waals surface area contributed by atoms with E-state index in [1.54, 1.807) is 7.11 Å². The Bertz CT molecular complexity index is 643. The van der Waals surface area contributed by atoms with Crippen LogP contribution in [0.3, 0.4) is 0 Å². The molecule has 1 aromatic carbocycles. The molecule has 2 heterocycles. The molecule has 0 saturated carbocycles. The molecule has 0 radical (unpaired) electrons. The second kappa shape index (κ2) is 3.90. The van der Waals surface area contributed by atoms with Gasteiger partial charge in [-0.15, -0.1) is 10.2 Å². The summed E-state index contributed by atoms with van der Waals surface area (Å²) in [7, 11) is 1.58. The van der Waals surface area contributed by atoms with Gasteiger partial charge in [0.15, 0.2) is 0 Å². The van der Waals surface area contributed by atoms with Gasteiger partial charge >= 0.3 is 0 Å². The highest BCUT2D eigenvalue weighted by Crippen LogP contribution is 2.26. The first kappa shape index (κ1) is 9.84. The summed E-state index contributed by atoms with van der Waals surface area (Å²) >= 11 is 0. The summed E-state index contributed by atoms with van der Waals surface area (Å²) < 4.78 is 5.00. The van der Waals surface area contributed by atoms with Crippen LogP contribution >= 0.6 is 0 Å². The maximum atomic E-state index is 5.00. The predicted molar refractivity (Wildman–Crippen MR) is 65.9 cm³/mol. The van der Waals surface area contributed by atoms with Gasteiger partial charge in [-0.05, 0) is 18.2 Å². The average Bonchev–Trinajstić information content (AvgIpc) is 2.87. The minimum absolute atomic E-state index is 0.523. The molecule has 0 unspecified atom stereocenters. The predicted octanol–water partition coefficient (Wildman–Crippen LogP) is 2.63. The Morgan fingerprint density at radius 2 is 2.00 bits per heavy atom. The molecule has 3 rings (SSSR count). The third kappa shape index (κ3) is 1.63. The molecule has 4 heteroatoms. The number of nitrogens with one attached hydrogen (secondary N) is 1. The van der Waals surface area contributed by atoms with Gasteiger partial charge < -0.3 is 9.72 Å². The fourth-order valence-electron chi connectivity index (χ4n) is 1.88. The first-order valence-corrected chi connectivity index (χ1v) is 5.32. The highest BCUT2D eigenvalue weighted by Gasteiger charge is 2.06. The maximum absolute atomic E-state index is 5.00. The van der Waals surface area contributed by atoms with E-state index in [4.69, 9.17) is 4.74 Å². The highest BCUT2D eigenvalue weighted by molar-refractivity contribution is 5.93. The lowest BCUT2D eigenvalue weighted by atomic mass is 10.1. The van der Waals surface area contributed by atoms with Crippen LogP contribution < -0.4 is 4.74 Å². The second-order valence-electron chi connectivity index (χ2n) is 3.71. The van der Waals surface area contributed by atoms with Crippen LogP contribution in [-0.2, 0) is 0 Å². The molecule has 2 aromatic heterocycles. The van der Waals surface area contributed by atoms with Crippen LogP contribution in [0.2, 0.25) is 0 Å². The first-order chi connectivity index (χ1) is 8.38. The summed E-state index contributed by atoms with van der Waals surface area (Å²) in [6.45, 7) is 0. The van der Waals surface area contributed by atoms with Gasteiger partial charge in [-0.2, -0.15) is 0 Å². The van der Waals surface area contributed by atoms with E-state index in [-0.39, 0.29) is 0 Å². The van der Waals surface area contributed by atoms with E-state index in [1.165, 1.54) is 0 Å². The van der Waals surface area contributed by atoms with Gasteiger partial charge in [0.25, 0.3) is 0 Å². The zero-order valence-electron chi connectivity index (χ0n) is 9.34. The molecule has 0 atom stereocenters. The lowest BCUT2D eigenvalue weighted by Crippen LogP contribution is -1.92. The highest BCUT2D eigenvalue weighted by atomic mass is 16.5. The van der Waals surface area contributed by atoms with Gasteiger partial charge in [0.2, 0.25) is 5.88 Å². The molecular formula is C13H11N3O. The third-order valence-corrected chi connectivity index (χ3v) is 2.72. The van der Waals surface area contributed by atoms with Gasteiger partial charge in [0.05, 0.1) is 12.8 Å². The summed E-state index contributed by atoms with van der Waals surface area (Å²) in [5.41, 5.74) is 3.01. The molecule has 0 aliphatic rings. The third-order valence-electron chi connectivity index (χ3n) is 2.72. The molecule has 0 fully saturated rings. The van der Waals surface area contributed by atoms with E-state index in [2.05, 4.69) is 15.2 Å². The molecule has 1 N–H and O–H groups in total. The topological polar surface area (TPSA) is 50.8 Å². The fourth-order valence-corrected chi connectivity index (χ4v) is 1.88. The Hall–Kier alpha value is -2.36. The quantitative estimate of drug-likeness (QED) is 0.729. The van der Waals surface area contributed by atoms with Crippen LogP contribution in [0.1, 0.15) is 0 Å². The smallest absolute Gasteiger partial charge is 0.233 e. The number of H-pyrrole nitrogens is 1. The van der Waals surface area contributed by atoms with Crippen molar-refractivity contribution in [3.05, 3.63) is 42.6 Å². The largest absolute Gasteiger partial charge is 0.480 e. The number of aromatic nitrogens is 3. The van der Waals surface area contributed by atoms with E-state index in [9.17, 15) is 0 Å². The van der Waals surface area contributed by atoms with Crippen molar-refractivity contribution >= 4 is 10.9 Å². The van der Waals surface area contributed by atoms with E-state index in [1.807, 2.05) is 42.6 Å². The SMILES string of the molecule is COc1ccc(-c2cccc3[nH]ccc23)nn1. The molecule has 0 amide bonds. The van der Waals surface area contributed by atoms with Crippen molar-refractivity contribution in [2.45, 2.75) is 0 Å². The summed E-state index contributed by atoms with van der Waals surface area (Å²) in [6, 6.07) is 11.8. The number of hydrogen-bond donors (Lipinski definition) is 1. The lowest BCUT2D eigenvalue weighted by Gasteiger charge is -2.03. The summed E-state index contributed by atoms with van der Waals surface area (Å²) in [5.74, 6) is 0.523. The van der Waals surface area contributed by atoms with E-state index in [0.29, 0.717) is 5.88 Å². The average molecular weight is 225 g/mol. The Kier molecular flexibility index (Phi) is 2.26. The Balaban J connectivity index is 2.16. The lowest BCUT2D eigenvalue weighted by molar-refractivity contribution is 0.392. The number of hydrogen-bond acceptors (Lipinski definition) is 3. The van der Waals surface area contributed by atoms with E-state index >= 15 is 0 Å². The van der Waals surface area contributed by atoms with Crippen LogP contribution in [0.5, 0.6) is 5.88 Å². The standard InChI is InChI=1S/C13H11N3O/c1-17-13-6-5-12(15-16-13)9-3-2-4-11-10(9)7-8-14-11/h2-8,14H,1H3. The number of aromatic amines is 1. The molecule has 0 aliphatic heterocycles. The first-order valence-electron chi connectivity index (χ1n) is 5.32. The minimum Gasteiger partial charge on any atom is -0.480 e. The van der Waals surface area contributed by atoms with Gasteiger partial charge in [-0.25, -0.2) is 0 Å². The maximum Gasteiger partial charge on any atom is 0.233 e. The number of nitrogens with zero attached hydrogens (tertiary/aromatic N) is 2. The number of methoxy groups -OCH3 is 1. The Morgan fingerprint density at radius 3 is 2.76 bits per heavy atom. The van der Waals surface area contributed by atoms with Crippen molar-refractivity contribution in [3.63, 3.8) is 0 Å². The molecular weight excluding hydrogens is 214 g/mol.